The average molecular weight is 237 g/mol. The van der Waals surface area contributed by atoms with Crippen LogP contribution >= 0.6 is 0 Å². The van der Waals surface area contributed by atoms with Gasteiger partial charge in [0, 0.05) is 24.2 Å². The maximum atomic E-state index is 13.6. The summed E-state index contributed by atoms with van der Waals surface area (Å²) in [6.45, 7) is 5.50. The molecular weight excluding hydrogens is 217 g/mol. The lowest BCUT2D eigenvalue weighted by atomic mass is 9.88. The van der Waals surface area contributed by atoms with Crippen molar-refractivity contribution in [1.29, 1.82) is 0 Å². The van der Waals surface area contributed by atoms with E-state index in [0.29, 0.717) is 18.7 Å². The maximum absolute atomic E-state index is 13.6. The molecule has 0 radical (unpaired) electrons. The zero-order valence-corrected chi connectivity index (χ0v) is 10.5. The molecule has 1 atom stereocenters. The second-order valence-electron chi connectivity index (χ2n) is 5.48. The lowest BCUT2D eigenvalue weighted by Gasteiger charge is -2.44. The third-order valence-electron chi connectivity index (χ3n) is 3.70. The Morgan fingerprint density at radius 1 is 1.41 bits per heavy atom. The van der Waals surface area contributed by atoms with Crippen molar-refractivity contribution < 1.29 is 9.50 Å². The number of hydrogen-bond acceptors (Lipinski definition) is 2. The number of aliphatic hydroxyl groups is 1. The van der Waals surface area contributed by atoms with Crippen LogP contribution in [0, 0.1) is 5.82 Å². The molecule has 0 bridgehead atoms. The summed E-state index contributed by atoms with van der Waals surface area (Å²) in [6, 6.07) is 6.86. The van der Waals surface area contributed by atoms with Gasteiger partial charge in [-0.2, -0.15) is 0 Å². The molecule has 1 aromatic carbocycles. The lowest BCUT2D eigenvalue weighted by molar-refractivity contribution is -0.0101. The van der Waals surface area contributed by atoms with E-state index in [-0.39, 0.29) is 17.5 Å². The van der Waals surface area contributed by atoms with Crippen LogP contribution in [0.25, 0.3) is 0 Å². The molecule has 1 fully saturated rings. The lowest BCUT2D eigenvalue weighted by Crippen LogP contribution is -2.51. The van der Waals surface area contributed by atoms with Crippen molar-refractivity contribution in [2.45, 2.75) is 44.9 Å². The summed E-state index contributed by atoms with van der Waals surface area (Å²) in [5.41, 5.74) is 0.733. The number of benzene rings is 1. The van der Waals surface area contributed by atoms with Gasteiger partial charge >= 0.3 is 0 Å². The SMILES string of the molecule is CC1(C)CCC(O)CN1Cc1ccccc1F. The fraction of sp³-hybridized carbons (Fsp3) is 0.571. The number of nitrogens with zero attached hydrogens (tertiary/aromatic N) is 1. The quantitative estimate of drug-likeness (QED) is 0.854. The van der Waals surface area contributed by atoms with Crippen molar-refractivity contribution >= 4 is 0 Å². The van der Waals surface area contributed by atoms with Crippen molar-refractivity contribution in [3.05, 3.63) is 35.6 Å². The third kappa shape index (κ3) is 2.85. The van der Waals surface area contributed by atoms with Gasteiger partial charge in [0.2, 0.25) is 0 Å². The van der Waals surface area contributed by atoms with E-state index in [1.807, 2.05) is 12.1 Å². The summed E-state index contributed by atoms with van der Waals surface area (Å²) in [5.74, 6) is -0.164. The standard InChI is InChI=1S/C14H20FNO/c1-14(2)8-7-12(17)10-16(14)9-11-5-3-4-6-13(11)15/h3-6,12,17H,7-10H2,1-2H3. The van der Waals surface area contributed by atoms with Crippen molar-refractivity contribution in [2.24, 2.45) is 0 Å². The minimum atomic E-state index is -0.283. The zero-order valence-electron chi connectivity index (χ0n) is 10.5. The summed E-state index contributed by atoms with van der Waals surface area (Å²) in [4.78, 5) is 2.17. The Balaban J connectivity index is 2.14. The maximum Gasteiger partial charge on any atom is 0.127 e. The molecule has 0 saturated carbocycles. The van der Waals surface area contributed by atoms with Crippen LogP contribution < -0.4 is 0 Å². The van der Waals surface area contributed by atoms with Crippen LogP contribution in [0.2, 0.25) is 0 Å². The average Bonchev–Trinajstić information content (AvgIpc) is 2.27. The number of β-amino-alcohol motifs (C(OH)–C–C–N with tert-alkyl or cyclic N) is 1. The van der Waals surface area contributed by atoms with Gasteiger partial charge in [-0.05, 0) is 32.8 Å². The first-order valence-corrected chi connectivity index (χ1v) is 6.15. The van der Waals surface area contributed by atoms with Crippen LogP contribution in [0.15, 0.2) is 24.3 Å². The fourth-order valence-electron chi connectivity index (χ4n) is 2.38. The van der Waals surface area contributed by atoms with Gasteiger partial charge in [-0.25, -0.2) is 4.39 Å². The first-order valence-electron chi connectivity index (χ1n) is 6.15. The highest BCUT2D eigenvalue weighted by Crippen LogP contribution is 2.29. The molecule has 2 rings (SSSR count). The molecule has 0 spiro atoms. The van der Waals surface area contributed by atoms with Gasteiger partial charge in [0.1, 0.15) is 5.82 Å². The van der Waals surface area contributed by atoms with Crippen molar-refractivity contribution in [3.63, 3.8) is 0 Å². The van der Waals surface area contributed by atoms with Gasteiger partial charge in [0.25, 0.3) is 0 Å². The summed E-state index contributed by atoms with van der Waals surface area (Å²) < 4.78 is 13.6. The number of halogens is 1. The Morgan fingerprint density at radius 3 is 2.82 bits per heavy atom. The Hall–Kier alpha value is -0.930. The Morgan fingerprint density at radius 2 is 2.12 bits per heavy atom. The van der Waals surface area contributed by atoms with Crippen molar-refractivity contribution in [3.8, 4) is 0 Å². The third-order valence-corrected chi connectivity index (χ3v) is 3.70. The smallest absolute Gasteiger partial charge is 0.127 e. The molecule has 1 aromatic rings. The number of aliphatic hydroxyl groups excluding tert-OH is 1. The van der Waals surface area contributed by atoms with Crippen LogP contribution in [-0.2, 0) is 6.54 Å². The van der Waals surface area contributed by atoms with Crippen LogP contribution in [0.3, 0.4) is 0 Å². The summed E-state index contributed by atoms with van der Waals surface area (Å²) >= 11 is 0. The minimum Gasteiger partial charge on any atom is -0.392 e. The van der Waals surface area contributed by atoms with E-state index in [9.17, 15) is 9.50 Å². The highest BCUT2D eigenvalue weighted by Gasteiger charge is 2.33. The fourth-order valence-corrected chi connectivity index (χ4v) is 2.38. The Bertz CT molecular complexity index is 392. The van der Waals surface area contributed by atoms with Crippen LogP contribution in [0.5, 0.6) is 0 Å². The zero-order chi connectivity index (χ0) is 12.5. The predicted molar refractivity (Wildman–Crippen MR) is 66.1 cm³/mol. The molecule has 1 heterocycles. The second kappa shape index (κ2) is 4.75. The molecular formula is C14H20FNO. The first kappa shape index (κ1) is 12.5. The molecule has 0 aromatic heterocycles. The van der Waals surface area contributed by atoms with Crippen LogP contribution in [0.1, 0.15) is 32.3 Å². The summed E-state index contributed by atoms with van der Waals surface area (Å²) in [6.07, 6.45) is 1.50. The molecule has 1 aliphatic heterocycles. The molecule has 0 amide bonds. The number of hydrogen-bond donors (Lipinski definition) is 1. The molecule has 1 N–H and O–H groups in total. The number of likely N-dealkylation sites (tertiary alicyclic amines) is 1. The van der Waals surface area contributed by atoms with Gasteiger partial charge in [0.05, 0.1) is 6.10 Å². The molecule has 1 saturated heterocycles. The highest BCUT2D eigenvalue weighted by molar-refractivity contribution is 5.17. The molecule has 1 aliphatic rings. The summed E-state index contributed by atoms with van der Waals surface area (Å²) in [7, 11) is 0. The molecule has 0 aliphatic carbocycles. The van der Waals surface area contributed by atoms with Gasteiger partial charge < -0.3 is 5.11 Å². The molecule has 3 heteroatoms. The molecule has 17 heavy (non-hydrogen) atoms. The van der Waals surface area contributed by atoms with Crippen molar-refractivity contribution in [1.82, 2.24) is 4.90 Å². The predicted octanol–water partition coefficient (Wildman–Crippen LogP) is 2.56. The minimum absolute atomic E-state index is 0.0293. The van der Waals surface area contributed by atoms with Gasteiger partial charge in [-0.1, -0.05) is 18.2 Å². The molecule has 1 unspecified atom stereocenters. The van der Waals surface area contributed by atoms with Gasteiger partial charge in [-0.3, -0.25) is 4.90 Å². The van der Waals surface area contributed by atoms with E-state index >= 15 is 0 Å². The Kier molecular flexibility index (Phi) is 3.50. The van der Waals surface area contributed by atoms with Crippen LogP contribution in [-0.4, -0.2) is 28.2 Å². The normalized spacial score (nSPS) is 24.8. The largest absolute Gasteiger partial charge is 0.392 e. The van der Waals surface area contributed by atoms with E-state index in [1.54, 1.807) is 6.07 Å². The van der Waals surface area contributed by atoms with E-state index in [4.69, 9.17) is 0 Å². The van der Waals surface area contributed by atoms with E-state index < -0.39 is 0 Å². The number of piperidine rings is 1. The number of rotatable bonds is 2. The van der Waals surface area contributed by atoms with Gasteiger partial charge in [-0.15, -0.1) is 0 Å². The molecule has 94 valence electrons. The van der Waals surface area contributed by atoms with Crippen molar-refractivity contribution in [2.75, 3.05) is 6.54 Å². The Labute approximate surface area is 102 Å². The molecule has 2 nitrogen and oxygen atoms in total. The first-order chi connectivity index (χ1) is 7.99. The van der Waals surface area contributed by atoms with E-state index in [2.05, 4.69) is 18.7 Å². The van der Waals surface area contributed by atoms with E-state index in [1.165, 1.54) is 6.07 Å². The topological polar surface area (TPSA) is 23.5 Å². The summed E-state index contributed by atoms with van der Waals surface area (Å²) in [5, 5.41) is 9.72. The monoisotopic (exact) mass is 237 g/mol. The van der Waals surface area contributed by atoms with Crippen LogP contribution in [0.4, 0.5) is 4.39 Å². The van der Waals surface area contributed by atoms with E-state index in [0.717, 1.165) is 12.8 Å². The second-order valence-corrected chi connectivity index (χ2v) is 5.48. The highest BCUT2D eigenvalue weighted by atomic mass is 19.1. The van der Waals surface area contributed by atoms with Gasteiger partial charge in [0.15, 0.2) is 0 Å².